The number of pyridine rings is 1. The molecular weight excluding hydrogens is 284 g/mol. The molecule has 1 amide bonds. The zero-order valence-electron chi connectivity index (χ0n) is 12.9. The number of fused-ring (bicyclic) bond motifs is 1. The van der Waals surface area contributed by atoms with Gasteiger partial charge in [0.1, 0.15) is 0 Å². The summed E-state index contributed by atoms with van der Waals surface area (Å²) in [5, 5.41) is 0.933. The maximum atomic E-state index is 12.9. The van der Waals surface area contributed by atoms with Gasteiger partial charge >= 0.3 is 0 Å². The molecule has 1 saturated heterocycles. The molecular formula is C20H18N2O. The molecule has 0 saturated carbocycles. The van der Waals surface area contributed by atoms with Crippen molar-refractivity contribution >= 4 is 16.8 Å². The smallest absolute Gasteiger partial charge is 0.254 e. The van der Waals surface area contributed by atoms with Crippen molar-refractivity contribution in [3.63, 3.8) is 0 Å². The summed E-state index contributed by atoms with van der Waals surface area (Å²) in [6.45, 7) is 1.61. The Kier molecular flexibility index (Phi) is 3.54. The SMILES string of the molecule is O=C(c1ccnc2ccccc12)N1CCC(c2ccccc2)C1. The predicted molar refractivity (Wildman–Crippen MR) is 91.4 cm³/mol. The first kappa shape index (κ1) is 13.9. The van der Waals surface area contributed by atoms with Crippen molar-refractivity contribution in [2.75, 3.05) is 13.1 Å². The summed E-state index contributed by atoms with van der Waals surface area (Å²) in [5.74, 6) is 0.551. The summed E-state index contributed by atoms with van der Waals surface area (Å²) in [6.07, 6.45) is 2.75. The van der Waals surface area contributed by atoms with Crippen molar-refractivity contribution < 1.29 is 4.79 Å². The summed E-state index contributed by atoms with van der Waals surface area (Å²) in [4.78, 5) is 19.3. The molecule has 1 aromatic heterocycles. The van der Waals surface area contributed by atoms with E-state index in [0.717, 1.165) is 36.0 Å². The van der Waals surface area contributed by atoms with Crippen molar-refractivity contribution in [1.82, 2.24) is 9.88 Å². The molecule has 1 aliphatic heterocycles. The van der Waals surface area contributed by atoms with Crippen LogP contribution in [0.5, 0.6) is 0 Å². The number of hydrogen-bond donors (Lipinski definition) is 0. The first-order valence-corrected chi connectivity index (χ1v) is 8.01. The molecule has 0 aliphatic carbocycles. The number of rotatable bonds is 2. The highest BCUT2D eigenvalue weighted by Gasteiger charge is 2.28. The average molecular weight is 302 g/mol. The first-order chi connectivity index (χ1) is 11.3. The highest BCUT2D eigenvalue weighted by molar-refractivity contribution is 6.06. The van der Waals surface area contributed by atoms with Gasteiger partial charge < -0.3 is 4.90 Å². The van der Waals surface area contributed by atoms with Crippen molar-refractivity contribution in [2.24, 2.45) is 0 Å². The molecule has 3 nitrogen and oxygen atoms in total. The molecule has 114 valence electrons. The number of carbonyl (C=O) groups is 1. The van der Waals surface area contributed by atoms with Crippen LogP contribution in [0.15, 0.2) is 66.9 Å². The number of para-hydroxylation sites is 1. The lowest BCUT2D eigenvalue weighted by molar-refractivity contribution is 0.0792. The molecule has 3 heteroatoms. The van der Waals surface area contributed by atoms with Gasteiger partial charge in [0.15, 0.2) is 0 Å². The normalized spacial score (nSPS) is 17.6. The molecule has 4 rings (SSSR count). The van der Waals surface area contributed by atoms with E-state index in [9.17, 15) is 4.79 Å². The molecule has 2 aromatic carbocycles. The van der Waals surface area contributed by atoms with Gasteiger partial charge in [-0.15, -0.1) is 0 Å². The minimum absolute atomic E-state index is 0.113. The fourth-order valence-electron chi connectivity index (χ4n) is 3.39. The number of aromatic nitrogens is 1. The van der Waals surface area contributed by atoms with E-state index in [1.165, 1.54) is 5.56 Å². The van der Waals surface area contributed by atoms with E-state index >= 15 is 0 Å². The van der Waals surface area contributed by atoms with Gasteiger partial charge in [-0.05, 0) is 24.1 Å². The summed E-state index contributed by atoms with van der Waals surface area (Å²) < 4.78 is 0. The van der Waals surface area contributed by atoms with Gasteiger partial charge in [0.25, 0.3) is 5.91 Å². The Morgan fingerprint density at radius 3 is 2.65 bits per heavy atom. The topological polar surface area (TPSA) is 33.2 Å². The van der Waals surface area contributed by atoms with E-state index in [2.05, 4.69) is 29.2 Å². The third-order valence-electron chi connectivity index (χ3n) is 4.63. The number of amides is 1. The molecule has 0 radical (unpaired) electrons. The van der Waals surface area contributed by atoms with Crippen LogP contribution in [0.4, 0.5) is 0 Å². The fourth-order valence-corrected chi connectivity index (χ4v) is 3.39. The van der Waals surface area contributed by atoms with Crippen LogP contribution in [0.25, 0.3) is 10.9 Å². The monoisotopic (exact) mass is 302 g/mol. The third kappa shape index (κ3) is 2.59. The number of likely N-dealkylation sites (tertiary alicyclic amines) is 1. The van der Waals surface area contributed by atoms with Crippen LogP contribution in [0.2, 0.25) is 0 Å². The lowest BCUT2D eigenvalue weighted by atomic mass is 9.99. The van der Waals surface area contributed by atoms with E-state index in [1.54, 1.807) is 6.20 Å². The minimum atomic E-state index is 0.113. The van der Waals surface area contributed by atoms with Gasteiger partial charge in [0.2, 0.25) is 0 Å². The van der Waals surface area contributed by atoms with E-state index in [-0.39, 0.29) is 5.91 Å². The molecule has 2 heterocycles. The highest BCUT2D eigenvalue weighted by atomic mass is 16.2. The van der Waals surface area contributed by atoms with E-state index in [0.29, 0.717) is 5.92 Å². The van der Waals surface area contributed by atoms with Crippen LogP contribution >= 0.6 is 0 Å². The fraction of sp³-hybridized carbons (Fsp3) is 0.200. The van der Waals surface area contributed by atoms with Crippen molar-refractivity contribution in [2.45, 2.75) is 12.3 Å². The Morgan fingerprint density at radius 2 is 1.78 bits per heavy atom. The standard InChI is InChI=1S/C20H18N2O/c23-20(18-10-12-21-19-9-5-4-8-17(18)19)22-13-11-16(14-22)15-6-2-1-3-7-15/h1-10,12,16H,11,13-14H2. The summed E-state index contributed by atoms with van der Waals surface area (Å²) in [7, 11) is 0. The van der Waals surface area contributed by atoms with Gasteiger partial charge in [-0.1, -0.05) is 48.5 Å². The number of carbonyl (C=O) groups excluding carboxylic acids is 1. The predicted octanol–water partition coefficient (Wildman–Crippen LogP) is 3.86. The first-order valence-electron chi connectivity index (χ1n) is 8.01. The Bertz CT molecular complexity index is 839. The molecule has 1 aliphatic rings. The molecule has 3 aromatic rings. The van der Waals surface area contributed by atoms with Crippen molar-refractivity contribution in [3.05, 3.63) is 78.0 Å². The lowest BCUT2D eigenvalue weighted by Crippen LogP contribution is -2.28. The lowest BCUT2D eigenvalue weighted by Gasteiger charge is -2.17. The van der Waals surface area contributed by atoms with Crippen LogP contribution in [0.3, 0.4) is 0 Å². The molecule has 0 spiro atoms. The van der Waals surface area contributed by atoms with Crippen molar-refractivity contribution in [3.8, 4) is 0 Å². The third-order valence-corrected chi connectivity index (χ3v) is 4.63. The van der Waals surface area contributed by atoms with Gasteiger partial charge in [-0.3, -0.25) is 9.78 Å². The maximum Gasteiger partial charge on any atom is 0.254 e. The second-order valence-corrected chi connectivity index (χ2v) is 6.02. The van der Waals surface area contributed by atoms with Gasteiger partial charge in [0, 0.05) is 30.6 Å². The average Bonchev–Trinajstić information content (AvgIpc) is 3.11. The summed E-state index contributed by atoms with van der Waals surface area (Å²) in [5.41, 5.74) is 2.95. The largest absolute Gasteiger partial charge is 0.338 e. The van der Waals surface area contributed by atoms with Crippen LogP contribution in [0.1, 0.15) is 28.3 Å². The van der Waals surface area contributed by atoms with Crippen molar-refractivity contribution in [1.29, 1.82) is 0 Å². The van der Waals surface area contributed by atoms with Crippen LogP contribution < -0.4 is 0 Å². The van der Waals surface area contributed by atoms with Gasteiger partial charge in [-0.25, -0.2) is 0 Å². The summed E-state index contributed by atoms with van der Waals surface area (Å²) in [6, 6.07) is 20.1. The second-order valence-electron chi connectivity index (χ2n) is 6.02. The molecule has 23 heavy (non-hydrogen) atoms. The van der Waals surface area contributed by atoms with E-state index < -0.39 is 0 Å². The maximum absolute atomic E-state index is 12.9. The van der Waals surface area contributed by atoms with Gasteiger partial charge in [-0.2, -0.15) is 0 Å². The highest BCUT2D eigenvalue weighted by Crippen LogP contribution is 2.29. The van der Waals surface area contributed by atoms with E-state index in [4.69, 9.17) is 0 Å². The number of nitrogens with zero attached hydrogens (tertiary/aromatic N) is 2. The minimum Gasteiger partial charge on any atom is -0.338 e. The number of benzene rings is 2. The second kappa shape index (κ2) is 5.84. The number of hydrogen-bond acceptors (Lipinski definition) is 2. The van der Waals surface area contributed by atoms with Crippen LogP contribution in [-0.2, 0) is 0 Å². The summed E-state index contributed by atoms with van der Waals surface area (Å²) >= 11 is 0. The zero-order valence-corrected chi connectivity index (χ0v) is 12.9. The molecule has 0 bridgehead atoms. The molecule has 1 unspecified atom stereocenters. The molecule has 0 N–H and O–H groups in total. The Labute approximate surface area is 135 Å². The Hall–Kier alpha value is -2.68. The zero-order chi connectivity index (χ0) is 15.6. The quantitative estimate of drug-likeness (QED) is 0.720. The van der Waals surface area contributed by atoms with Crippen LogP contribution in [-0.4, -0.2) is 28.9 Å². The molecule has 1 atom stereocenters. The van der Waals surface area contributed by atoms with Gasteiger partial charge in [0.05, 0.1) is 11.1 Å². The van der Waals surface area contributed by atoms with Crippen LogP contribution in [0, 0.1) is 0 Å². The van der Waals surface area contributed by atoms with E-state index in [1.807, 2.05) is 41.3 Å². The Morgan fingerprint density at radius 1 is 1.00 bits per heavy atom. The Balaban J connectivity index is 1.60. The molecule has 1 fully saturated rings.